The molecule has 0 bridgehead atoms. The molecule has 0 fully saturated rings. The number of hydrogen-bond donors (Lipinski definition) is 1. The number of pyridine rings is 1. The molecule has 3 aromatic heterocycles. The number of alkyl halides is 3. The highest BCUT2D eigenvalue weighted by atomic mass is 32.1. The Balaban J connectivity index is 1.40. The number of aromatic nitrogens is 4. The summed E-state index contributed by atoms with van der Waals surface area (Å²) in [5.41, 5.74) is 1.26. The Labute approximate surface area is 194 Å². The van der Waals surface area contributed by atoms with Crippen LogP contribution in [-0.2, 0) is 11.6 Å². The number of halogens is 4. The number of hydrogen-bond acceptors (Lipinski definition) is 7. The highest BCUT2D eigenvalue weighted by molar-refractivity contribution is 7.10. The summed E-state index contributed by atoms with van der Waals surface area (Å²) in [5, 5.41) is 8.74. The second-order valence-electron chi connectivity index (χ2n) is 7.96. The Hall–Kier alpha value is -3.67. The van der Waals surface area contributed by atoms with Crippen LogP contribution >= 0.6 is 11.3 Å². The van der Waals surface area contributed by atoms with E-state index in [1.165, 1.54) is 41.8 Å². The number of benzene rings is 1. The Morgan fingerprint density at radius 2 is 1.79 bits per heavy atom. The van der Waals surface area contributed by atoms with Crippen LogP contribution in [0.3, 0.4) is 0 Å². The van der Waals surface area contributed by atoms with Crippen LogP contribution in [0.2, 0.25) is 0 Å². The average molecular weight is 491 g/mol. The van der Waals surface area contributed by atoms with Crippen molar-refractivity contribution in [3.63, 3.8) is 0 Å². The summed E-state index contributed by atoms with van der Waals surface area (Å²) in [4.78, 5) is 24.4. The number of nitrogens with one attached hydrogen (secondary N) is 1. The summed E-state index contributed by atoms with van der Waals surface area (Å²) < 4.78 is 55.2. The van der Waals surface area contributed by atoms with Gasteiger partial charge in [-0.1, -0.05) is 19.0 Å². The molecule has 7 nitrogen and oxygen atoms in total. The summed E-state index contributed by atoms with van der Waals surface area (Å²) in [7, 11) is 0. The largest absolute Gasteiger partial charge is 0.471 e. The SMILES string of the molecule is CC(C)(CNC(=O)c1ccc(-c2noc(C(F)(F)F)n2)nc1)c1nc(-c2ccc(F)cc2)cs1. The molecule has 34 heavy (non-hydrogen) atoms. The first-order valence-electron chi connectivity index (χ1n) is 9.90. The van der Waals surface area contributed by atoms with Crippen molar-refractivity contribution < 1.29 is 26.9 Å². The lowest BCUT2D eigenvalue weighted by molar-refractivity contribution is -0.159. The van der Waals surface area contributed by atoms with Gasteiger partial charge in [0.05, 0.1) is 11.3 Å². The third-order valence-corrected chi connectivity index (χ3v) is 6.05. The molecule has 4 rings (SSSR count). The van der Waals surface area contributed by atoms with E-state index >= 15 is 0 Å². The van der Waals surface area contributed by atoms with Gasteiger partial charge in [-0.15, -0.1) is 11.3 Å². The van der Waals surface area contributed by atoms with Gasteiger partial charge in [0.2, 0.25) is 5.82 Å². The van der Waals surface area contributed by atoms with E-state index in [4.69, 9.17) is 0 Å². The van der Waals surface area contributed by atoms with Crippen molar-refractivity contribution in [2.75, 3.05) is 6.54 Å². The molecule has 176 valence electrons. The van der Waals surface area contributed by atoms with Crippen LogP contribution in [0.4, 0.5) is 17.6 Å². The maximum atomic E-state index is 13.2. The molecule has 0 aliphatic rings. The van der Waals surface area contributed by atoms with E-state index in [2.05, 4.69) is 29.9 Å². The van der Waals surface area contributed by atoms with Crippen LogP contribution in [0.5, 0.6) is 0 Å². The normalized spacial score (nSPS) is 12.1. The maximum Gasteiger partial charge on any atom is 0.471 e. The monoisotopic (exact) mass is 491 g/mol. The van der Waals surface area contributed by atoms with Gasteiger partial charge in [-0.3, -0.25) is 9.78 Å². The number of nitrogens with zero attached hydrogens (tertiary/aromatic N) is 4. The molecule has 12 heteroatoms. The van der Waals surface area contributed by atoms with E-state index in [-0.39, 0.29) is 29.4 Å². The molecule has 0 atom stereocenters. The summed E-state index contributed by atoms with van der Waals surface area (Å²) in [6.07, 6.45) is -3.54. The number of thiazole rings is 1. The maximum absolute atomic E-state index is 13.2. The number of amides is 1. The molecule has 0 saturated carbocycles. The van der Waals surface area contributed by atoms with Crippen molar-refractivity contribution in [2.24, 2.45) is 0 Å². The van der Waals surface area contributed by atoms with Crippen LogP contribution in [0, 0.1) is 5.82 Å². The third-order valence-electron chi connectivity index (χ3n) is 4.84. The molecule has 1 N–H and O–H groups in total. The quantitative estimate of drug-likeness (QED) is 0.376. The molecular formula is C22H17F4N5O2S. The van der Waals surface area contributed by atoms with E-state index in [1.54, 1.807) is 12.1 Å². The van der Waals surface area contributed by atoms with Gasteiger partial charge in [0.15, 0.2) is 0 Å². The van der Waals surface area contributed by atoms with E-state index in [0.29, 0.717) is 5.69 Å². The van der Waals surface area contributed by atoms with Gasteiger partial charge in [0.25, 0.3) is 5.91 Å². The van der Waals surface area contributed by atoms with Crippen LogP contribution in [-0.4, -0.2) is 32.6 Å². The minimum atomic E-state index is -4.75. The van der Waals surface area contributed by atoms with Gasteiger partial charge in [-0.05, 0) is 36.4 Å². The van der Waals surface area contributed by atoms with Crippen LogP contribution in [0.15, 0.2) is 52.5 Å². The van der Waals surface area contributed by atoms with Gasteiger partial charge < -0.3 is 9.84 Å². The lowest BCUT2D eigenvalue weighted by atomic mass is 9.94. The molecule has 0 aliphatic carbocycles. The molecule has 0 aliphatic heterocycles. The second-order valence-corrected chi connectivity index (χ2v) is 8.82. The van der Waals surface area contributed by atoms with Crippen molar-refractivity contribution in [3.8, 4) is 22.8 Å². The smallest absolute Gasteiger partial charge is 0.351 e. The predicted octanol–water partition coefficient (Wildman–Crippen LogP) is 5.12. The molecule has 3 heterocycles. The first kappa shape index (κ1) is 23.5. The first-order valence-corrected chi connectivity index (χ1v) is 10.8. The summed E-state index contributed by atoms with van der Waals surface area (Å²) in [5.74, 6) is -2.54. The minimum absolute atomic E-state index is 0.0345. The summed E-state index contributed by atoms with van der Waals surface area (Å²) in [6, 6.07) is 8.78. The average Bonchev–Trinajstić information content (AvgIpc) is 3.49. The zero-order chi connectivity index (χ0) is 24.5. The lowest BCUT2D eigenvalue weighted by Crippen LogP contribution is -2.36. The van der Waals surface area contributed by atoms with Crippen molar-refractivity contribution in [1.82, 2.24) is 25.4 Å². The highest BCUT2D eigenvalue weighted by Crippen LogP contribution is 2.31. The van der Waals surface area contributed by atoms with E-state index in [0.717, 1.165) is 10.6 Å². The van der Waals surface area contributed by atoms with Crippen molar-refractivity contribution in [2.45, 2.75) is 25.4 Å². The van der Waals surface area contributed by atoms with E-state index in [1.807, 2.05) is 19.2 Å². The Bertz CT molecular complexity index is 1300. The fourth-order valence-corrected chi connectivity index (χ4v) is 3.87. The zero-order valence-corrected chi connectivity index (χ0v) is 18.7. The topological polar surface area (TPSA) is 93.8 Å². The lowest BCUT2D eigenvalue weighted by Gasteiger charge is -2.22. The number of carbonyl (C=O) groups excluding carboxylic acids is 1. The highest BCUT2D eigenvalue weighted by Gasteiger charge is 2.38. The molecular weight excluding hydrogens is 474 g/mol. The summed E-state index contributed by atoms with van der Waals surface area (Å²) in [6.45, 7) is 4.12. The molecule has 0 unspecified atom stereocenters. The van der Waals surface area contributed by atoms with Gasteiger partial charge in [-0.25, -0.2) is 9.37 Å². The number of carbonyl (C=O) groups is 1. The van der Waals surface area contributed by atoms with Gasteiger partial charge >= 0.3 is 12.1 Å². The van der Waals surface area contributed by atoms with Crippen LogP contribution in [0.25, 0.3) is 22.8 Å². The molecule has 1 amide bonds. The molecule has 0 radical (unpaired) electrons. The predicted molar refractivity (Wildman–Crippen MR) is 115 cm³/mol. The molecule has 4 aromatic rings. The minimum Gasteiger partial charge on any atom is -0.351 e. The zero-order valence-electron chi connectivity index (χ0n) is 17.9. The summed E-state index contributed by atoms with van der Waals surface area (Å²) >= 11 is 1.43. The number of rotatable bonds is 6. The molecule has 0 spiro atoms. The fourth-order valence-electron chi connectivity index (χ4n) is 2.92. The molecule has 1 aromatic carbocycles. The first-order chi connectivity index (χ1) is 16.0. The second kappa shape index (κ2) is 8.93. The van der Waals surface area contributed by atoms with Crippen LogP contribution in [0.1, 0.15) is 35.1 Å². The third kappa shape index (κ3) is 5.11. The van der Waals surface area contributed by atoms with Crippen molar-refractivity contribution in [1.29, 1.82) is 0 Å². The Morgan fingerprint density at radius 1 is 1.06 bits per heavy atom. The molecule has 0 saturated heterocycles. The van der Waals surface area contributed by atoms with Gasteiger partial charge in [-0.2, -0.15) is 18.2 Å². The standard InChI is InChI=1S/C22H17F4N5O2S/c1-21(2,20-29-16(10-34-20)12-3-6-14(23)7-4-12)11-28-18(32)13-5-8-15(27-9-13)17-30-19(33-31-17)22(24,25)26/h3-10H,11H2,1-2H3,(H,28,32). The van der Waals surface area contributed by atoms with Gasteiger partial charge in [0, 0.05) is 29.1 Å². The Morgan fingerprint density at radius 3 is 2.41 bits per heavy atom. The van der Waals surface area contributed by atoms with E-state index in [9.17, 15) is 22.4 Å². The Kier molecular flexibility index (Phi) is 6.17. The van der Waals surface area contributed by atoms with E-state index < -0.39 is 23.4 Å². The van der Waals surface area contributed by atoms with Crippen molar-refractivity contribution in [3.05, 3.63) is 70.3 Å². The van der Waals surface area contributed by atoms with Crippen LogP contribution < -0.4 is 5.32 Å². The fraction of sp³-hybridized carbons (Fsp3) is 0.227. The van der Waals surface area contributed by atoms with Crippen molar-refractivity contribution >= 4 is 17.2 Å². The van der Waals surface area contributed by atoms with Gasteiger partial charge in [0.1, 0.15) is 16.5 Å².